The first-order valence-electron chi connectivity index (χ1n) is 8.34. The number of ketones is 1. The Labute approximate surface area is 127 Å². The van der Waals surface area contributed by atoms with Crippen molar-refractivity contribution >= 4 is 5.78 Å². The molecule has 2 unspecified atom stereocenters. The van der Waals surface area contributed by atoms with Crippen molar-refractivity contribution in [1.29, 1.82) is 0 Å². The smallest absolute Gasteiger partial charge is 0.194 e. The van der Waals surface area contributed by atoms with Crippen LogP contribution >= 0.6 is 0 Å². The van der Waals surface area contributed by atoms with Crippen molar-refractivity contribution in [2.75, 3.05) is 7.11 Å². The fourth-order valence-electron chi connectivity index (χ4n) is 3.90. The predicted molar refractivity (Wildman–Crippen MR) is 84.7 cm³/mol. The van der Waals surface area contributed by atoms with Gasteiger partial charge in [0.05, 0.1) is 0 Å². The number of Topliss-reactive ketones (excluding diaryl/α,β-unsaturated/α-hetero) is 1. The summed E-state index contributed by atoms with van der Waals surface area (Å²) >= 11 is 0. The van der Waals surface area contributed by atoms with Gasteiger partial charge in [-0.25, -0.2) is 0 Å². The third-order valence-corrected chi connectivity index (χ3v) is 5.51. The maximum atomic E-state index is 12.9. The molecule has 2 aliphatic carbocycles. The van der Waals surface area contributed by atoms with Crippen molar-refractivity contribution in [2.24, 2.45) is 5.92 Å². The second-order valence-electron chi connectivity index (χ2n) is 6.98. The van der Waals surface area contributed by atoms with E-state index in [9.17, 15) is 4.79 Å². The van der Waals surface area contributed by atoms with Gasteiger partial charge in [-0.1, -0.05) is 44.0 Å². The van der Waals surface area contributed by atoms with Crippen molar-refractivity contribution in [2.45, 2.75) is 63.4 Å². The largest absolute Gasteiger partial charge is 0.370 e. The zero-order valence-electron chi connectivity index (χ0n) is 13.2. The first-order valence-corrected chi connectivity index (χ1v) is 8.34. The molecule has 2 aliphatic rings. The summed E-state index contributed by atoms with van der Waals surface area (Å²) in [5.41, 5.74) is 1.62. The molecule has 2 fully saturated rings. The van der Waals surface area contributed by atoms with Crippen LogP contribution in [0.25, 0.3) is 0 Å². The van der Waals surface area contributed by atoms with Gasteiger partial charge >= 0.3 is 0 Å². The monoisotopic (exact) mass is 286 g/mol. The summed E-state index contributed by atoms with van der Waals surface area (Å²) < 4.78 is 5.73. The number of ether oxygens (including phenoxy) is 1. The van der Waals surface area contributed by atoms with E-state index in [4.69, 9.17) is 4.74 Å². The molecule has 114 valence electrons. The van der Waals surface area contributed by atoms with Crippen molar-refractivity contribution < 1.29 is 9.53 Å². The number of carbonyl (C=O) groups is 1. The molecule has 1 aromatic carbocycles. The Morgan fingerprint density at radius 2 is 1.86 bits per heavy atom. The minimum absolute atomic E-state index is 0.178. The third kappa shape index (κ3) is 2.78. The molecule has 1 aromatic rings. The Morgan fingerprint density at radius 3 is 2.38 bits per heavy atom. The summed E-state index contributed by atoms with van der Waals surface area (Å²) in [7, 11) is 1.69. The molecule has 21 heavy (non-hydrogen) atoms. The highest BCUT2D eigenvalue weighted by molar-refractivity contribution is 6.02. The van der Waals surface area contributed by atoms with E-state index in [0.29, 0.717) is 5.92 Å². The van der Waals surface area contributed by atoms with E-state index in [1.807, 2.05) is 12.1 Å². The lowest BCUT2D eigenvalue weighted by molar-refractivity contribution is -0.0302. The summed E-state index contributed by atoms with van der Waals surface area (Å²) in [5, 5.41) is 0. The number of rotatable bonds is 4. The Balaban J connectivity index is 1.79. The maximum absolute atomic E-state index is 12.9. The van der Waals surface area contributed by atoms with Crippen LogP contribution in [0.1, 0.15) is 73.7 Å². The van der Waals surface area contributed by atoms with Gasteiger partial charge in [-0.3, -0.25) is 4.79 Å². The second-order valence-corrected chi connectivity index (χ2v) is 6.98. The Kier molecular flexibility index (Phi) is 4.17. The van der Waals surface area contributed by atoms with Crippen LogP contribution in [0.4, 0.5) is 0 Å². The fourth-order valence-corrected chi connectivity index (χ4v) is 3.90. The van der Waals surface area contributed by atoms with Gasteiger partial charge < -0.3 is 4.74 Å². The quantitative estimate of drug-likeness (QED) is 0.748. The minimum Gasteiger partial charge on any atom is -0.370 e. The molecule has 0 N–H and O–H groups in total. The van der Waals surface area contributed by atoms with Gasteiger partial charge in [-0.2, -0.15) is 0 Å². The number of methoxy groups -OCH3 is 1. The van der Waals surface area contributed by atoms with Crippen molar-refractivity contribution in [3.63, 3.8) is 0 Å². The lowest BCUT2D eigenvalue weighted by Gasteiger charge is -2.37. The summed E-state index contributed by atoms with van der Waals surface area (Å²) in [5.74, 6) is 1.47. The standard InChI is InChI=1S/C19H26O2/c1-14-5-4-12-19(13-14,21-2)18(20)17-10-8-16(9-11-17)15-6-3-7-15/h8-11,14-15H,3-7,12-13H2,1-2H3. The molecule has 0 aromatic heterocycles. The van der Waals surface area contributed by atoms with Crippen molar-refractivity contribution in [3.8, 4) is 0 Å². The summed E-state index contributed by atoms with van der Waals surface area (Å²) in [6.45, 7) is 2.22. The van der Waals surface area contributed by atoms with Gasteiger partial charge in [0.25, 0.3) is 0 Å². The Morgan fingerprint density at radius 1 is 1.14 bits per heavy atom. The van der Waals surface area contributed by atoms with Crippen LogP contribution in [-0.4, -0.2) is 18.5 Å². The van der Waals surface area contributed by atoms with E-state index in [-0.39, 0.29) is 5.78 Å². The highest BCUT2D eigenvalue weighted by Crippen LogP contribution is 2.39. The number of hydrogen-bond acceptors (Lipinski definition) is 2. The average molecular weight is 286 g/mol. The number of benzene rings is 1. The Bertz CT molecular complexity index is 501. The lowest BCUT2D eigenvalue weighted by atomic mass is 9.74. The topological polar surface area (TPSA) is 26.3 Å². The van der Waals surface area contributed by atoms with Gasteiger partial charge in [0.1, 0.15) is 5.60 Å². The molecule has 0 aliphatic heterocycles. The van der Waals surface area contributed by atoms with Crippen LogP contribution in [0, 0.1) is 5.92 Å². The molecular formula is C19H26O2. The van der Waals surface area contributed by atoms with Gasteiger partial charge in [-0.05, 0) is 49.5 Å². The summed E-state index contributed by atoms with van der Waals surface area (Å²) in [6.07, 6.45) is 7.94. The molecule has 0 amide bonds. The molecule has 0 heterocycles. The van der Waals surface area contributed by atoms with Gasteiger partial charge in [-0.15, -0.1) is 0 Å². The zero-order valence-corrected chi connectivity index (χ0v) is 13.2. The molecule has 2 saturated carbocycles. The molecule has 2 nitrogen and oxygen atoms in total. The van der Waals surface area contributed by atoms with Crippen molar-refractivity contribution in [1.82, 2.24) is 0 Å². The molecule has 0 radical (unpaired) electrons. The van der Waals surface area contributed by atoms with E-state index in [0.717, 1.165) is 30.7 Å². The van der Waals surface area contributed by atoms with Gasteiger partial charge in [0.15, 0.2) is 5.78 Å². The molecule has 2 atom stereocenters. The molecule has 0 spiro atoms. The van der Waals surface area contributed by atoms with Gasteiger partial charge in [0.2, 0.25) is 0 Å². The molecular weight excluding hydrogens is 260 g/mol. The predicted octanol–water partition coefficient (Wildman–Crippen LogP) is 4.73. The van der Waals surface area contributed by atoms with Crippen LogP contribution in [0.2, 0.25) is 0 Å². The van der Waals surface area contributed by atoms with Crippen molar-refractivity contribution in [3.05, 3.63) is 35.4 Å². The molecule has 0 bridgehead atoms. The highest BCUT2D eigenvalue weighted by atomic mass is 16.5. The first kappa shape index (κ1) is 14.8. The minimum atomic E-state index is -0.588. The first-order chi connectivity index (χ1) is 10.1. The van der Waals surface area contributed by atoms with Crippen LogP contribution < -0.4 is 0 Å². The van der Waals surface area contributed by atoms with E-state index in [1.54, 1.807) is 7.11 Å². The summed E-state index contributed by atoms with van der Waals surface area (Å²) in [4.78, 5) is 12.9. The summed E-state index contributed by atoms with van der Waals surface area (Å²) in [6, 6.07) is 8.31. The number of carbonyl (C=O) groups excluding carboxylic acids is 1. The molecule has 0 saturated heterocycles. The molecule has 3 rings (SSSR count). The van der Waals surface area contributed by atoms with E-state index >= 15 is 0 Å². The van der Waals surface area contributed by atoms with Crippen LogP contribution in [0.3, 0.4) is 0 Å². The average Bonchev–Trinajstić information content (AvgIpc) is 2.45. The fraction of sp³-hybridized carbons (Fsp3) is 0.632. The van der Waals surface area contributed by atoms with Crippen LogP contribution in [0.5, 0.6) is 0 Å². The second kappa shape index (κ2) is 5.92. The maximum Gasteiger partial charge on any atom is 0.194 e. The van der Waals surface area contributed by atoms with E-state index < -0.39 is 5.60 Å². The van der Waals surface area contributed by atoms with E-state index in [1.165, 1.54) is 31.2 Å². The van der Waals surface area contributed by atoms with Crippen LogP contribution in [-0.2, 0) is 4.74 Å². The van der Waals surface area contributed by atoms with E-state index in [2.05, 4.69) is 19.1 Å². The Hall–Kier alpha value is -1.15. The normalized spacial score (nSPS) is 29.9. The molecule has 2 heteroatoms. The van der Waals surface area contributed by atoms with Crippen LogP contribution in [0.15, 0.2) is 24.3 Å². The zero-order chi connectivity index (χ0) is 14.9. The SMILES string of the molecule is COC1(C(=O)c2ccc(C3CCC3)cc2)CCCC(C)C1. The third-order valence-electron chi connectivity index (χ3n) is 5.51. The van der Waals surface area contributed by atoms with Gasteiger partial charge in [0, 0.05) is 12.7 Å². The number of hydrogen-bond donors (Lipinski definition) is 0. The highest BCUT2D eigenvalue weighted by Gasteiger charge is 2.42. The lowest BCUT2D eigenvalue weighted by Crippen LogP contribution is -2.44.